The van der Waals surface area contributed by atoms with Crippen LogP contribution in [0.2, 0.25) is 0 Å². The van der Waals surface area contributed by atoms with Gasteiger partial charge in [0.1, 0.15) is 0 Å². The monoisotopic (exact) mass is 548 g/mol. The summed E-state index contributed by atoms with van der Waals surface area (Å²) in [6, 6.07) is 13.6. The summed E-state index contributed by atoms with van der Waals surface area (Å²) in [5, 5.41) is 0. The first-order valence-electron chi connectivity index (χ1n) is 14.0. The number of nitrogens with zero attached hydrogens (tertiary/aromatic N) is 2. The van der Waals surface area contributed by atoms with Gasteiger partial charge in [-0.3, -0.25) is 9.98 Å². The van der Waals surface area contributed by atoms with Gasteiger partial charge < -0.3 is 0 Å². The zero-order valence-corrected chi connectivity index (χ0v) is 26.1. The Labute approximate surface area is 238 Å². The summed E-state index contributed by atoms with van der Waals surface area (Å²) >= 11 is 0. The molecule has 39 heavy (non-hydrogen) atoms. The highest BCUT2D eigenvalue weighted by Gasteiger charge is 2.18. The first-order valence-corrected chi connectivity index (χ1v) is 15.5. The van der Waals surface area contributed by atoms with Gasteiger partial charge in [-0.2, -0.15) is 0 Å². The van der Waals surface area contributed by atoms with Crippen molar-refractivity contribution in [2.24, 2.45) is 20.8 Å². The lowest BCUT2D eigenvalue weighted by molar-refractivity contribution is 0.356. The van der Waals surface area contributed by atoms with Gasteiger partial charge in [0.2, 0.25) is 9.84 Å². The molecule has 212 valence electrons. The maximum atomic E-state index is 13.2. The van der Waals surface area contributed by atoms with E-state index in [1.807, 2.05) is 12.4 Å². The van der Waals surface area contributed by atoms with Crippen LogP contribution in [0.15, 0.2) is 91.6 Å². The second kappa shape index (κ2) is 14.6. The number of rotatable bonds is 14. The van der Waals surface area contributed by atoms with Crippen LogP contribution in [0.25, 0.3) is 0 Å². The highest BCUT2D eigenvalue weighted by atomic mass is 32.2. The van der Waals surface area contributed by atoms with Crippen LogP contribution in [0.4, 0.5) is 11.4 Å². The van der Waals surface area contributed by atoms with Crippen molar-refractivity contribution in [2.75, 3.05) is 0 Å². The molecular weight excluding hydrogens is 500 g/mol. The van der Waals surface area contributed by atoms with Gasteiger partial charge in [-0.15, -0.1) is 0 Å². The molecule has 0 saturated carbocycles. The Bertz CT molecular complexity index is 1170. The second-order valence-electron chi connectivity index (χ2n) is 12.5. The van der Waals surface area contributed by atoms with E-state index >= 15 is 0 Å². The Balaban J connectivity index is 1.98. The molecule has 0 radical (unpaired) electrons. The molecule has 0 atom stereocenters. The van der Waals surface area contributed by atoms with Gasteiger partial charge >= 0.3 is 0 Å². The van der Waals surface area contributed by atoms with E-state index in [9.17, 15) is 8.42 Å². The van der Waals surface area contributed by atoms with E-state index < -0.39 is 9.84 Å². The summed E-state index contributed by atoms with van der Waals surface area (Å²) in [4.78, 5) is 9.64. The molecular formula is C34H48N2O2S. The smallest absolute Gasteiger partial charge is 0.206 e. The van der Waals surface area contributed by atoms with Crippen molar-refractivity contribution in [2.45, 2.75) is 104 Å². The Hall–Kier alpha value is -2.79. The largest absolute Gasteiger partial charge is 0.261 e. The van der Waals surface area contributed by atoms with Gasteiger partial charge in [0, 0.05) is 12.4 Å². The van der Waals surface area contributed by atoms with E-state index in [1.165, 1.54) is 11.1 Å². The lowest BCUT2D eigenvalue weighted by atomic mass is 9.84. The van der Waals surface area contributed by atoms with Crippen molar-refractivity contribution in [3.05, 3.63) is 71.8 Å². The molecule has 0 unspecified atom stereocenters. The number of sulfone groups is 1. The molecule has 0 aromatic heterocycles. The van der Waals surface area contributed by atoms with Crippen LogP contribution in [-0.4, -0.2) is 20.8 Å². The van der Waals surface area contributed by atoms with Gasteiger partial charge in [0.15, 0.2) is 0 Å². The highest BCUT2D eigenvalue weighted by molar-refractivity contribution is 7.91. The predicted octanol–water partition coefficient (Wildman–Crippen LogP) is 10.2. The number of aliphatic imine (C=N–C) groups is 2. The van der Waals surface area contributed by atoms with Crippen LogP contribution in [0.5, 0.6) is 0 Å². The highest BCUT2D eigenvalue weighted by Crippen LogP contribution is 2.29. The minimum Gasteiger partial charge on any atom is -0.261 e. The summed E-state index contributed by atoms with van der Waals surface area (Å²) < 4.78 is 26.3. The molecule has 0 saturated heterocycles. The Kier molecular flexibility index (Phi) is 12.1. The lowest BCUT2D eigenvalue weighted by Gasteiger charge is -2.21. The minimum absolute atomic E-state index is 0.163. The van der Waals surface area contributed by atoms with Gasteiger partial charge in [-0.1, -0.05) is 51.0 Å². The van der Waals surface area contributed by atoms with Crippen molar-refractivity contribution in [1.82, 2.24) is 0 Å². The number of hydrogen-bond acceptors (Lipinski definition) is 4. The summed E-state index contributed by atoms with van der Waals surface area (Å²) in [6.45, 7) is 17.5. The van der Waals surface area contributed by atoms with Crippen LogP contribution in [0.3, 0.4) is 0 Å². The average molecular weight is 549 g/mol. The normalized spacial score (nSPS) is 12.7. The third-order valence-electron chi connectivity index (χ3n) is 6.81. The standard InChI is InChI=1S/C34H48N2O2S/c1-27(2)11-9-21-33(5,6)23-25-35-29-13-17-31(18-14-29)39(37,38)32-19-15-30(16-20-32)36-26-24-34(7,8)22-10-12-28(3)4/h11-20,25-26H,9-10,21-24H2,1-8H3. The number of benzene rings is 2. The van der Waals surface area contributed by atoms with Crippen LogP contribution in [-0.2, 0) is 9.84 Å². The minimum atomic E-state index is -3.61. The fraction of sp³-hybridized carbons (Fsp3) is 0.471. The molecule has 0 spiro atoms. The summed E-state index contributed by atoms with van der Waals surface area (Å²) in [6.07, 6.45) is 14.5. The van der Waals surface area contributed by atoms with Crippen molar-refractivity contribution >= 4 is 33.6 Å². The molecule has 0 heterocycles. The van der Waals surface area contributed by atoms with E-state index in [1.54, 1.807) is 48.5 Å². The topological polar surface area (TPSA) is 58.9 Å². The fourth-order valence-corrected chi connectivity index (χ4v) is 5.32. The molecule has 0 aliphatic carbocycles. The summed E-state index contributed by atoms with van der Waals surface area (Å²) in [5.41, 5.74) is 4.53. The first kappa shape index (κ1) is 32.4. The van der Waals surface area contributed by atoms with Crippen LogP contribution in [0, 0.1) is 10.8 Å². The molecule has 0 bridgehead atoms. The quantitative estimate of drug-likeness (QED) is 0.174. The number of hydrogen-bond donors (Lipinski definition) is 0. The van der Waals surface area contributed by atoms with Gasteiger partial charge in [0.25, 0.3) is 0 Å². The zero-order valence-electron chi connectivity index (χ0n) is 25.3. The SMILES string of the molecule is CC(C)=CCCC(C)(C)CC=Nc1ccc(S(=O)(=O)c2ccc(N=CCC(C)(C)CCC=C(C)C)cc2)cc1. The van der Waals surface area contributed by atoms with Gasteiger partial charge in [0.05, 0.1) is 21.2 Å². The molecule has 5 heteroatoms. The third-order valence-corrected chi connectivity index (χ3v) is 8.60. The molecule has 2 aromatic rings. The zero-order chi connectivity index (χ0) is 29.1. The number of allylic oxidation sites excluding steroid dienone is 4. The molecule has 2 aromatic carbocycles. The van der Waals surface area contributed by atoms with Crippen LogP contribution < -0.4 is 0 Å². The Morgan fingerprint density at radius 1 is 0.641 bits per heavy atom. The molecule has 0 amide bonds. The predicted molar refractivity (Wildman–Crippen MR) is 169 cm³/mol. The first-order chi connectivity index (χ1) is 18.2. The Morgan fingerprint density at radius 3 is 1.28 bits per heavy atom. The maximum absolute atomic E-state index is 13.2. The third kappa shape index (κ3) is 11.9. The maximum Gasteiger partial charge on any atom is 0.206 e. The summed E-state index contributed by atoms with van der Waals surface area (Å²) in [7, 11) is -3.61. The molecule has 0 fully saturated rings. The van der Waals surface area contributed by atoms with E-state index in [0.717, 1.165) is 49.9 Å². The molecule has 4 nitrogen and oxygen atoms in total. The lowest BCUT2D eigenvalue weighted by Crippen LogP contribution is -2.11. The molecule has 0 aliphatic heterocycles. The van der Waals surface area contributed by atoms with Crippen LogP contribution >= 0.6 is 0 Å². The van der Waals surface area contributed by atoms with Crippen molar-refractivity contribution in [3.63, 3.8) is 0 Å². The van der Waals surface area contributed by atoms with E-state index in [4.69, 9.17) is 0 Å². The van der Waals surface area contributed by atoms with E-state index in [0.29, 0.717) is 0 Å². The van der Waals surface area contributed by atoms with Crippen molar-refractivity contribution in [1.29, 1.82) is 0 Å². The van der Waals surface area contributed by atoms with Gasteiger partial charge in [-0.05, 0) is 126 Å². The van der Waals surface area contributed by atoms with Gasteiger partial charge in [-0.25, -0.2) is 8.42 Å². The second-order valence-corrected chi connectivity index (χ2v) is 14.4. The fourth-order valence-electron chi connectivity index (χ4n) is 4.06. The molecule has 0 aliphatic rings. The Morgan fingerprint density at radius 2 is 0.974 bits per heavy atom. The van der Waals surface area contributed by atoms with Crippen molar-refractivity contribution in [3.8, 4) is 0 Å². The van der Waals surface area contributed by atoms with E-state index in [-0.39, 0.29) is 20.6 Å². The molecule has 2 rings (SSSR count). The van der Waals surface area contributed by atoms with E-state index in [2.05, 4.69) is 77.5 Å². The molecule has 0 N–H and O–H groups in total. The average Bonchev–Trinajstić information content (AvgIpc) is 2.84. The summed E-state index contributed by atoms with van der Waals surface area (Å²) in [5.74, 6) is 0. The van der Waals surface area contributed by atoms with Crippen molar-refractivity contribution < 1.29 is 8.42 Å². The van der Waals surface area contributed by atoms with Crippen LogP contribution in [0.1, 0.15) is 93.9 Å².